The molecule has 0 aliphatic heterocycles. The number of aromatic nitrogens is 2. The zero-order chi connectivity index (χ0) is 13.0. The standard InChI is InChI=1S/C13H16FN3O/c1-3-18-13-6-11(14)4-5-12(13)15-7-10-8-16-17(2)9-10/h4-6,8-9,15H,3,7H2,1-2H3. The fourth-order valence-electron chi connectivity index (χ4n) is 1.68. The van der Waals surface area contributed by atoms with E-state index in [0.29, 0.717) is 18.9 Å². The van der Waals surface area contributed by atoms with Gasteiger partial charge in [0.15, 0.2) is 0 Å². The Hall–Kier alpha value is -2.04. The first-order valence-corrected chi connectivity index (χ1v) is 5.82. The number of halogens is 1. The summed E-state index contributed by atoms with van der Waals surface area (Å²) in [5, 5.41) is 7.30. The molecule has 0 radical (unpaired) electrons. The molecule has 0 spiro atoms. The van der Waals surface area contributed by atoms with Gasteiger partial charge in [-0.05, 0) is 19.1 Å². The average Bonchev–Trinajstić information content (AvgIpc) is 2.75. The lowest BCUT2D eigenvalue weighted by molar-refractivity contribution is 0.340. The molecule has 2 aromatic rings. The van der Waals surface area contributed by atoms with Crippen LogP contribution in [0.1, 0.15) is 12.5 Å². The number of hydrogen-bond donors (Lipinski definition) is 1. The molecular formula is C13H16FN3O. The van der Waals surface area contributed by atoms with Crippen LogP contribution in [-0.4, -0.2) is 16.4 Å². The smallest absolute Gasteiger partial charge is 0.145 e. The molecule has 1 heterocycles. The van der Waals surface area contributed by atoms with E-state index in [2.05, 4.69) is 10.4 Å². The van der Waals surface area contributed by atoms with Gasteiger partial charge in [0.25, 0.3) is 0 Å². The monoisotopic (exact) mass is 249 g/mol. The van der Waals surface area contributed by atoms with Gasteiger partial charge in [-0.3, -0.25) is 4.68 Å². The Morgan fingerprint density at radius 2 is 2.28 bits per heavy atom. The minimum atomic E-state index is -0.301. The molecular weight excluding hydrogens is 233 g/mol. The van der Waals surface area contributed by atoms with Gasteiger partial charge in [-0.15, -0.1) is 0 Å². The van der Waals surface area contributed by atoms with Crippen LogP contribution in [0.5, 0.6) is 5.75 Å². The summed E-state index contributed by atoms with van der Waals surface area (Å²) in [4.78, 5) is 0. The van der Waals surface area contributed by atoms with Crippen LogP contribution in [0, 0.1) is 5.82 Å². The first-order valence-electron chi connectivity index (χ1n) is 5.82. The van der Waals surface area contributed by atoms with Crippen molar-refractivity contribution in [2.24, 2.45) is 7.05 Å². The number of benzene rings is 1. The first-order chi connectivity index (χ1) is 8.69. The van der Waals surface area contributed by atoms with Crippen molar-refractivity contribution in [2.45, 2.75) is 13.5 Å². The fourth-order valence-corrected chi connectivity index (χ4v) is 1.68. The molecule has 0 fully saturated rings. The second-order valence-corrected chi connectivity index (χ2v) is 3.95. The molecule has 0 amide bonds. The van der Waals surface area contributed by atoms with Gasteiger partial charge in [-0.25, -0.2) is 4.39 Å². The number of hydrogen-bond acceptors (Lipinski definition) is 3. The predicted octanol–water partition coefficient (Wildman–Crippen LogP) is 2.57. The lowest BCUT2D eigenvalue weighted by Crippen LogP contribution is -2.02. The summed E-state index contributed by atoms with van der Waals surface area (Å²) >= 11 is 0. The molecule has 0 unspecified atom stereocenters. The van der Waals surface area contributed by atoms with E-state index < -0.39 is 0 Å². The molecule has 1 N–H and O–H groups in total. The van der Waals surface area contributed by atoms with Crippen LogP contribution in [0.15, 0.2) is 30.6 Å². The van der Waals surface area contributed by atoms with E-state index in [0.717, 1.165) is 11.3 Å². The minimum Gasteiger partial charge on any atom is -0.492 e. The van der Waals surface area contributed by atoms with Crippen molar-refractivity contribution < 1.29 is 9.13 Å². The Labute approximate surface area is 105 Å². The maximum atomic E-state index is 13.1. The lowest BCUT2D eigenvalue weighted by Gasteiger charge is -2.11. The van der Waals surface area contributed by atoms with Gasteiger partial charge in [0.05, 0.1) is 18.5 Å². The second kappa shape index (κ2) is 5.53. The number of ether oxygens (including phenoxy) is 1. The number of nitrogens with zero attached hydrogens (tertiary/aromatic N) is 2. The predicted molar refractivity (Wildman–Crippen MR) is 68.1 cm³/mol. The largest absolute Gasteiger partial charge is 0.492 e. The van der Waals surface area contributed by atoms with Crippen LogP contribution in [-0.2, 0) is 13.6 Å². The Balaban J connectivity index is 2.08. The highest BCUT2D eigenvalue weighted by atomic mass is 19.1. The van der Waals surface area contributed by atoms with Crippen molar-refractivity contribution in [1.82, 2.24) is 9.78 Å². The quantitative estimate of drug-likeness (QED) is 0.885. The molecule has 4 nitrogen and oxygen atoms in total. The number of aryl methyl sites for hydroxylation is 1. The van der Waals surface area contributed by atoms with Crippen molar-refractivity contribution in [3.05, 3.63) is 42.0 Å². The molecule has 5 heteroatoms. The van der Waals surface area contributed by atoms with Crippen LogP contribution in [0.2, 0.25) is 0 Å². The van der Waals surface area contributed by atoms with Gasteiger partial charge >= 0.3 is 0 Å². The Morgan fingerprint density at radius 1 is 1.44 bits per heavy atom. The average molecular weight is 249 g/mol. The number of anilines is 1. The molecule has 2 rings (SSSR count). The summed E-state index contributed by atoms with van der Waals surface area (Å²) in [7, 11) is 1.87. The van der Waals surface area contributed by atoms with Crippen LogP contribution in [0.4, 0.5) is 10.1 Å². The topological polar surface area (TPSA) is 39.1 Å². The summed E-state index contributed by atoms with van der Waals surface area (Å²) in [6.07, 6.45) is 3.72. The second-order valence-electron chi connectivity index (χ2n) is 3.95. The molecule has 1 aromatic heterocycles. The van der Waals surface area contributed by atoms with Gasteiger partial charge in [-0.1, -0.05) is 0 Å². The summed E-state index contributed by atoms with van der Waals surface area (Å²) in [5.74, 6) is 0.228. The third kappa shape index (κ3) is 3.00. The van der Waals surface area contributed by atoms with Crippen LogP contribution >= 0.6 is 0 Å². The van der Waals surface area contributed by atoms with E-state index >= 15 is 0 Å². The Kier molecular flexibility index (Phi) is 3.82. The highest BCUT2D eigenvalue weighted by molar-refractivity contribution is 5.56. The van der Waals surface area contributed by atoms with Gasteiger partial charge < -0.3 is 10.1 Å². The molecule has 0 aliphatic rings. The van der Waals surface area contributed by atoms with E-state index in [4.69, 9.17) is 4.74 Å². The SMILES string of the molecule is CCOc1cc(F)ccc1NCc1cnn(C)c1. The highest BCUT2D eigenvalue weighted by Gasteiger charge is 2.05. The molecule has 96 valence electrons. The van der Waals surface area contributed by atoms with Crippen molar-refractivity contribution >= 4 is 5.69 Å². The van der Waals surface area contributed by atoms with Crippen LogP contribution in [0.3, 0.4) is 0 Å². The fraction of sp³-hybridized carbons (Fsp3) is 0.308. The molecule has 0 saturated carbocycles. The molecule has 0 atom stereocenters. The van der Waals surface area contributed by atoms with Gasteiger partial charge in [-0.2, -0.15) is 5.10 Å². The minimum absolute atomic E-state index is 0.301. The Morgan fingerprint density at radius 3 is 2.94 bits per heavy atom. The zero-order valence-corrected chi connectivity index (χ0v) is 10.5. The summed E-state index contributed by atoms with van der Waals surface area (Å²) in [6.45, 7) is 3.00. The zero-order valence-electron chi connectivity index (χ0n) is 10.5. The van der Waals surface area contributed by atoms with E-state index in [1.807, 2.05) is 20.2 Å². The molecule has 0 bridgehead atoms. The normalized spacial score (nSPS) is 10.4. The molecule has 0 aliphatic carbocycles. The summed E-state index contributed by atoms with van der Waals surface area (Å²) < 4.78 is 20.2. The third-order valence-corrected chi connectivity index (χ3v) is 2.48. The van der Waals surface area contributed by atoms with Gasteiger partial charge in [0.1, 0.15) is 11.6 Å². The van der Waals surface area contributed by atoms with Crippen molar-refractivity contribution in [3.63, 3.8) is 0 Å². The summed E-state index contributed by atoms with van der Waals surface area (Å²) in [5.41, 5.74) is 1.84. The van der Waals surface area contributed by atoms with E-state index in [9.17, 15) is 4.39 Å². The van der Waals surface area contributed by atoms with E-state index in [1.54, 1.807) is 16.9 Å². The van der Waals surface area contributed by atoms with Gasteiger partial charge in [0.2, 0.25) is 0 Å². The van der Waals surface area contributed by atoms with E-state index in [-0.39, 0.29) is 5.82 Å². The van der Waals surface area contributed by atoms with Crippen molar-refractivity contribution in [1.29, 1.82) is 0 Å². The first kappa shape index (κ1) is 12.4. The molecule has 1 aromatic carbocycles. The van der Waals surface area contributed by atoms with Crippen molar-refractivity contribution in [2.75, 3.05) is 11.9 Å². The maximum absolute atomic E-state index is 13.1. The number of nitrogens with one attached hydrogen (secondary N) is 1. The Bertz CT molecular complexity index is 525. The summed E-state index contributed by atoms with van der Waals surface area (Å²) in [6, 6.07) is 4.47. The van der Waals surface area contributed by atoms with Crippen LogP contribution in [0.25, 0.3) is 0 Å². The maximum Gasteiger partial charge on any atom is 0.145 e. The van der Waals surface area contributed by atoms with E-state index in [1.165, 1.54) is 12.1 Å². The number of rotatable bonds is 5. The third-order valence-electron chi connectivity index (χ3n) is 2.48. The highest BCUT2D eigenvalue weighted by Crippen LogP contribution is 2.25. The molecule has 18 heavy (non-hydrogen) atoms. The van der Waals surface area contributed by atoms with Crippen LogP contribution < -0.4 is 10.1 Å². The van der Waals surface area contributed by atoms with Crippen molar-refractivity contribution in [3.8, 4) is 5.75 Å². The molecule has 0 saturated heterocycles. The lowest BCUT2D eigenvalue weighted by atomic mass is 10.2. The van der Waals surface area contributed by atoms with Gasteiger partial charge in [0, 0.05) is 31.4 Å².